The van der Waals surface area contributed by atoms with Gasteiger partial charge in [-0.25, -0.2) is 4.79 Å². The fraction of sp³-hybridized carbons (Fsp3) is 0.100. The third-order valence-corrected chi connectivity index (χ3v) is 2.02. The Morgan fingerprint density at radius 2 is 2.06 bits per heavy atom. The minimum absolute atomic E-state index is 0.0730. The lowest BCUT2D eigenvalue weighted by Gasteiger charge is -2.05. The number of hydrogen-bond donors (Lipinski definition) is 2. The number of carbonyl (C=O) groups is 1. The molecular weight excluding hydrogens is 222 g/mol. The van der Waals surface area contributed by atoms with Crippen molar-refractivity contribution in [3.8, 4) is 0 Å². The lowest BCUT2D eigenvalue weighted by Crippen LogP contribution is -2.10. The second-order valence-corrected chi connectivity index (χ2v) is 3.17. The van der Waals surface area contributed by atoms with Crippen LogP contribution in [0.2, 0.25) is 0 Å². The van der Waals surface area contributed by atoms with Crippen molar-refractivity contribution in [2.24, 2.45) is 0 Å². The standard InChI is InChI=1S/C10H9N5O2/c16-10(17)8-3-5-13-15-9(8)11-6-7-2-1-4-12-14-7/h1-5H,6H2,(H,11,15)(H,16,17). The number of aromatic carboxylic acids is 1. The Kier molecular flexibility index (Phi) is 3.20. The van der Waals surface area contributed by atoms with Gasteiger partial charge >= 0.3 is 5.97 Å². The highest BCUT2D eigenvalue weighted by molar-refractivity contribution is 5.92. The molecule has 2 heterocycles. The highest BCUT2D eigenvalue weighted by atomic mass is 16.4. The molecule has 2 aromatic rings. The molecule has 0 saturated carbocycles. The van der Waals surface area contributed by atoms with Crippen molar-refractivity contribution in [2.45, 2.75) is 6.54 Å². The Hall–Kier alpha value is -2.57. The van der Waals surface area contributed by atoms with Crippen LogP contribution >= 0.6 is 0 Å². The van der Waals surface area contributed by atoms with Crippen molar-refractivity contribution in [3.05, 3.63) is 41.9 Å². The Bertz CT molecular complexity index is 517. The molecule has 2 rings (SSSR count). The number of hydrogen-bond acceptors (Lipinski definition) is 6. The molecule has 0 fully saturated rings. The molecule has 0 aliphatic heterocycles. The van der Waals surface area contributed by atoms with Gasteiger partial charge in [-0.2, -0.15) is 15.3 Å². The maximum Gasteiger partial charge on any atom is 0.339 e. The maximum absolute atomic E-state index is 10.9. The fourth-order valence-corrected chi connectivity index (χ4v) is 1.24. The maximum atomic E-state index is 10.9. The summed E-state index contributed by atoms with van der Waals surface area (Å²) in [7, 11) is 0. The third kappa shape index (κ3) is 2.71. The monoisotopic (exact) mass is 231 g/mol. The third-order valence-electron chi connectivity index (χ3n) is 2.02. The first-order chi connectivity index (χ1) is 8.27. The van der Waals surface area contributed by atoms with Crippen LogP contribution in [0.1, 0.15) is 16.1 Å². The SMILES string of the molecule is O=C(O)c1ccnnc1NCc1cccnn1. The quantitative estimate of drug-likeness (QED) is 0.793. The molecule has 0 aromatic carbocycles. The number of anilines is 1. The van der Waals surface area contributed by atoms with E-state index in [4.69, 9.17) is 5.11 Å². The molecule has 0 aliphatic rings. The molecular formula is C10H9N5O2. The highest BCUT2D eigenvalue weighted by Crippen LogP contribution is 2.10. The minimum atomic E-state index is -1.05. The molecule has 7 nitrogen and oxygen atoms in total. The Morgan fingerprint density at radius 1 is 1.24 bits per heavy atom. The Balaban J connectivity index is 2.12. The smallest absolute Gasteiger partial charge is 0.339 e. The highest BCUT2D eigenvalue weighted by Gasteiger charge is 2.10. The molecule has 0 spiro atoms. The van der Waals surface area contributed by atoms with E-state index in [1.54, 1.807) is 18.3 Å². The fourth-order valence-electron chi connectivity index (χ4n) is 1.24. The largest absolute Gasteiger partial charge is 0.478 e. The molecule has 0 saturated heterocycles. The zero-order valence-electron chi connectivity index (χ0n) is 8.74. The topological polar surface area (TPSA) is 101 Å². The second-order valence-electron chi connectivity index (χ2n) is 3.17. The molecule has 0 unspecified atom stereocenters. The summed E-state index contributed by atoms with van der Waals surface area (Å²) in [5, 5.41) is 26.7. The van der Waals surface area contributed by atoms with Crippen molar-refractivity contribution < 1.29 is 9.90 Å². The molecule has 0 amide bonds. The normalized spacial score (nSPS) is 9.88. The van der Waals surface area contributed by atoms with Crippen molar-refractivity contribution in [2.75, 3.05) is 5.32 Å². The van der Waals surface area contributed by atoms with Gasteiger partial charge in [0.05, 0.1) is 18.4 Å². The van der Waals surface area contributed by atoms with Crippen LogP contribution in [0.15, 0.2) is 30.6 Å². The van der Waals surface area contributed by atoms with Crippen molar-refractivity contribution in [3.63, 3.8) is 0 Å². The van der Waals surface area contributed by atoms with Gasteiger partial charge in [0.2, 0.25) is 0 Å². The summed E-state index contributed by atoms with van der Waals surface area (Å²) in [6, 6.07) is 4.91. The van der Waals surface area contributed by atoms with Crippen LogP contribution < -0.4 is 5.32 Å². The Labute approximate surface area is 96.5 Å². The van der Waals surface area contributed by atoms with Gasteiger partial charge in [-0.3, -0.25) is 0 Å². The molecule has 0 atom stereocenters. The predicted molar refractivity (Wildman–Crippen MR) is 58.4 cm³/mol. The van der Waals surface area contributed by atoms with Gasteiger partial charge in [-0.1, -0.05) is 0 Å². The van der Waals surface area contributed by atoms with E-state index in [2.05, 4.69) is 25.7 Å². The van der Waals surface area contributed by atoms with Gasteiger partial charge in [-0.05, 0) is 18.2 Å². The average molecular weight is 231 g/mol. The molecule has 0 bridgehead atoms. The van der Waals surface area contributed by atoms with E-state index in [0.717, 1.165) is 0 Å². The summed E-state index contributed by atoms with van der Waals surface area (Å²) >= 11 is 0. The van der Waals surface area contributed by atoms with Crippen molar-refractivity contribution in [1.29, 1.82) is 0 Å². The minimum Gasteiger partial charge on any atom is -0.478 e. The molecule has 2 aromatic heterocycles. The van der Waals surface area contributed by atoms with Crippen LogP contribution in [-0.4, -0.2) is 31.5 Å². The number of nitrogens with zero attached hydrogens (tertiary/aromatic N) is 4. The van der Waals surface area contributed by atoms with Crippen molar-refractivity contribution in [1.82, 2.24) is 20.4 Å². The van der Waals surface area contributed by atoms with E-state index < -0.39 is 5.97 Å². The van der Waals surface area contributed by atoms with Crippen LogP contribution in [0.4, 0.5) is 5.82 Å². The average Bonchev–Trinajstić information content (AvgIpc) is 2.38. The lowest BCUT2D eigenvalue weighted by atomic mass is 10.3. The van der Waals surface area contributed by atoms with Crippen LogP contribution in [0, 0.1) is 0 Å². The van der Waals surface area contributed by atoms with Gasteiger partial charge < -0.3 is 10.4 Å². The number of rotatable bonds is 4. The van der Waals surface area contributed by atoms with Gasteiger partial charge in [0, 0.05) is 6.20 Å². The number of aromatic nitrogens is 4. The van der Waals surface area contributed by atoms with Crippen molar-refractivity contribution >= 4 is 11.8 Å². The zero-order chi connectivity index (χ0) is 12.1. The second kappa shape index (κ2) is 4.97. The van der Waals surface area contributed by atoms with Gasteiger partial charge in [0.25, 0.3) is 0 Å². The number of nitrogens with one attached hydrogen (secondary N) is 1. The van der Waals surface area contributed by atoms with Crippen LogP contribution in [0.5, 0.6) is 0 Å². The predicted octanol–water partition coefficient (Wildman–Crippen LogP) is 0.577. The lowest BCUT2D eigenvalue weighted by molar-refractivity contribution is 0.0697. The first kappa shape index (κ1) is 10.9. The van der Waals surface area contributed by atoms with E-state index in [9.17, 15) is 4.79 Å². The van der Waals surface area contributed by atoms with Gasteiger partial charge in [0.15, 0.2) is 5.82 Å². The molecule has 17 heavy (non-hydrogen) atoms. The first-order valence-electron chi connectivity index (χ1n) is 4.83. The van der Waals surface area contributed by atoms with Gasteiger partial charge in [0.1, 0.15) is 5.56 Å². The molecule has 86 valence electrons. The summed E-state index contributed by atoms with van der Waals surface area (Å²) < 4.78 is 0. The number of carboxylic acids is 1. The number of carboxylic acid groups (broad SMARTS) is 1. The summed E-state index contributed by atoms with van der Waals surface area (Å²) in [6.07, 6.45) is 2.89. The summed E-state index contributed by atoms with van der Waals surface area (Å²) in [6.45, 7) is 0.340. The summed E-state index contributed by atoms with van der Waals surface area (Å²) in [5.74, 6) is -0.841. The summed E-state index contributed by atoms with van der Waals surface area (Å²) in [4.78, 5) is 10.9. The van der Waals surface area contributed by atoms with E-state index in [1.807, 2.05) is 0 Å². The molecule has 0 aliphatic carbocycles. The molecule has 2 N–H and O–H groups in total. The molecule has 7 heteroatoms. The zero-order valence-corrected chi connectivity index (χ0v) is 8.74. The Morgan fingerprint density at radius 3 is 2.76 bits per heavy atom. The summed E-state index contributed by atoms with van der Waals surface area (Å²) in [5.41, 5.74) is 0.762. The van der Waals surface area contributed by atoms with E-state index in [0.29, 0.717) is 12.2 Å². The first-order valence-corrected chi connectivity index (χ1v) is 4.83. The van der Waals surface area contributed by atoms with E-state index in [1.165, 1.54) is 12.3 Å². The van der Waals surface area contributed by atoms with Gasteiger partial charge in [-0.15, -0.1) is 5.10 Å². The molecule has 0 radical (unpaired) electrons. The van der Waals surface area contributed by atoms with Crippen LogP contribution in [0.3, 0.4) is 0 Å². The van der Waals surface area contributed by atoms with Crippen LogP contribution in [-0.2, 0) is 6.54 Å². The van der Waals surface area contributed by atoms with E-state index >= 15 is 0 Å². The van der Waals surface area contributed by atoms with Crippen LogP contribution in [0.25, 0.3) is 0 Å². The van der Waals surface area contributed by atoms with E-state index in [-0.39, 0.29) is 11.4 Å².